The largest absolute Gasteiger partial charge is 0.342 e. The molecule has 0 bridgehead atoms. The molecule has 26 heavy (non-hydrogen) atoms. The molecule has 0 radical (unpaired) electrons. The number of carbonyl (C=O) groups is 1. The number of aromatic nitrogens is 4. The zero-order chi connectivity index (χ0) is 18.1. The minimum Gasteiger partial charge on any atom is -0.342 e. The Morgan fingerprint density at radius 1 is 1.31 bits per heavy atom. The van der Waals surface area contributed by atoms with Crippen LogP contribution in [0.25, 0.3) is 11.2 Å². The van der Waals surface area contributed by atoms with Crippen molar-refractivity contribution in [1.82, 2.24) is 24.6 Å². The molecular formula is C19H20FN5O. The van der Waals surface area contributed by atoms with Gasteiger partial charge in [-0.3, -0.25) is 4.79 Å². The number of carbonyl (C=O) groups excluding carboxylic acids is 1. The predicted octanol–water partition coefficient (Wildman–Crippen LogP) is 2.45. The van der Waals surface area contributed by atoms with Crippen LogP contribution in [0.3, 0.4) is 0 Å². The first kappa shape index (κ1) is 16.6. The van der Waals surface area contributed by atoms with Crippen LogP contribution in [0.2, 0.25) is 0 Å². The van der Waals surface area contributed by atoms with Crippen molar-refractivity contribution < 1.29 is 9.18 Å². The quantitative estimate of drug-likeness (QED) is 0.726. The second-order valence-electron chi connectivity index (χ2n) is 6.72. The molecule has 0 spiro atoms. The molecule has 2 aromatic heterocycles. The molecule has 1 amide bonds. The van der Waals surface area contributed by atoms with Crippen molar-refractivity contribution in [3.63, 3.8) is 0 Å². The lowest BCUT2D eigenvalue weighted by molar-refractivity contribution is -0.131. The van der Waals surface area contributed by atoms with Crippen molar-refractivity contribution in [2.24, 2.45) is 7.05 Å². The molecule has 4 rings (SSSR count). The summed E-state index contributed by atoms with van der Waals surface area (Å²) in [6.45, 7) is 1.33. The highest BCUT2D eigenvalue weighted by Crippen LogP contribution is 2.30. The van der Waals surface area contributed by atoms with Crippen LogP contribution in [0.1, 0.15) is 30.0 Å². The average Bonchev–Trinajstić information content (AvgIpc) is 2.99. The van der Waals surface area contributed by atoms with Gasteiger partial charge >= 0.3 is 0 Å². The van der Waals surface area contributed by atoms with E-state index in [4.69, 9.17) is 0 Å². The smallest absolute Gasteiger partial charge is 0.227 e. The highest BCUT2D eigenvalue weighted by atomic mass is 19.1. The normalized spacial score (nSPS) is 17.6. The van der Waals surface area contributed by atoms with E-state index in [1.807, 2.05) is 11.9 Å². The van der Waals surface area contributed by atoms with Gasteiger partial charge in [0.15, 0.2) is 5.65 Å². The lowest BCUT2D eigenvalue weighted by Gasteiger charge is -2.32. The van der Waals surface area contributed by atoms with Gasteiger partial charge in [-0.15, -0.1) is 0 Å². The number of halogens is 1. The van der Waals surface area contributed by atoms with Gasteiger partial charge in [-0.25, -0.2) is 19.0 Å². The monoisotopic (exact) mass is 353 g/mol. The fourth-order valence-corrected chi connectivity index (χ4v) is 3.64. The van der Waals surface area contributed by atoms with E-state index < -0.39 is 0 Å². The molecule has 1 atom stereocenters. The first-order chi connectivity index (χ1) is 12.6. The minimum absolute atomic E-state index is 0.0200. The summed E-state index contributed by atoms with van der Waals surface area (Å²) in [6, 6.07) is 6.22. The summed E-state index contributed by atoms with van der Waals surface area (Å²) in [7, 11) is 1.86. The zero-order valence-electron chi connectivity index (χ0n) is 14.6. The maximum Gasteiger partial charge on any atom is 0.227 e. The molecule has 0 unspecified atom stereocenters. The summed E-state index contributed by atoms with van der Waals surface area (Å²) >= 11 is 0. The van der Waals surface area contributed by atoms with E-state index in [-0.39, 0.29) is 24.1 Å². The maximum atomic E-state index is 13.3. The second kappa shape index (κ2) is 6.82. The Hall–Kier alpha value is -2.83. The number of hydrogen-bond acceptors (Lipinski definition) is 4. The molecule has 1 aliphatic rings. The Morgan fingerprint density at radius 2 is 2.15 bits per heavy atom. The van der Waals surface area contributed by atoms with Gasteiger partial charge in [0.25, 0.3) is 0 Å². The van der Waals surface area contributed by atoms with Gasteiger partial charge in [-0.2, -0.15) is 5.10 Å². The second-order valence-corrected chi connectivity index (χ2v) is 6.72. The number of nitrogens with zero attached hydrogens (tertiary/aromatic N) is 5. The van der Waals surface area contributed by atoms with Gasteiger partial charge in [-0.05, 0) is 30.5 Å². The van der Waals surface area contributed by atoms with Crippen LogP contribution in [0.15, 0.2) is 36.7 Å². The molecule has 0 N–H and O–H groups in total. The number of piperidine rings is 1. The number of benzene rings is 1. The van der Waals surface area contributed by atoms with E-state index >= 15 is 0 Å². The van der Waals surface area contributed by atoms with Gasteiger partial charge in [0.2, 0.25) is 5.91 Å². The third-order valence-corrected chi connectivity index (χ3v) is 4.89. The van der Waals surface area contributed by atoms with Crippen LogP contribution in [-0.2, 0) is 18.3 Å². The topological polar surface area (TPSA) is 63.9 Å². The van der Waals surface area contributed by atoms with Gasteiger partial charge in [-0.1, -0.05) is 12.1 Å². The summed E-state index contributed by atoms with van der Waals surface area (Å²) in [4.78, 5) is 23.3. The third kappa shape index (κ3) is 3.16. The van der Waals surface area contributed by atoms with Crippen molar-refractivity contribution in [3.8, 4) is 0 Å². The Kier molecular flexibility index (Phi) is 4.36. The van der Waals surface area contributed by atoms with Crippen LogP contribution >= 0.6 is 0 Å². The van der Waals surface area contributed by atoms with Crippen molar-refractivity contribution in [2.75, 3.05) is 13.1 Å². The van der Waals surface area contributed by atoms with Crippen molar-refractivity contribution in [2.45, 2.75) is 25.2 Å². The van der Waals surface area contributed by atoms with E-state index in [1.165, 1.54) is 12.1 Å². The van der Waals surface area contributed by atoms with E-state index in [9.17, 15) is 9.18 Å². The highest BCUT2D eigenvalue weighted by molar-refractivity contribution is 5.79. The molecule has 1 aliphatic heterocycles. The highest BCUT2D eigenvalue weighted by Gasteiger charge is 2.28. The number of fused-ring (bicyclic) bond motifs is 1. The van der Waals surface area contributed by atoms with Crippen LogP contribution in [0, 0.1) is 5.82 Å². The Labute approximate surface area is 150 Å². The third-order valence-electron chi connectivity index (χ3n) is 4.89. The van der Waals surface area contributed by atoms with E-state index in [0.29, 0.717) is 12.1 Å². The van der Waals surface area contributed by atoms with E-state index in [0.717, 1.165) is 36.2 Å². The molecule has 3 heterocycles. The van der Waals surface area contributed by atoms with Crippen molar-refractivity contribution >= 4 is 17.1 Å². The van der Waals surface area contributed by atoms with E-state index in [1.54, 1.807) is 29.2 Å². The first-order valence-electron chi connectivity index (χ1n) is 8.77. The molecular weight excluding hydrogens is 333 g/mol. The molecule has 6 nitrogen and oxygen atoms in total. The van der Waals surface area contributed by atoms with Crippen LogP contribution in [0.4, 0.5) is 4.39 Å². The van der Waals surface area contributed by atoms with Crippen molar-refractivity contribution in [1.29, 1.82) is 0 Å². The van der Waals surface area contributed by atoms with Gasteiger partial charge in [0, 0.05) is 38.4 Å². The molecule has 0 aliphatic carbocycles. The van der Waals surface area contributed by atoms with Gasteiger partial charge < -0.3 is 4.90 Å². The molecule has 7 heteroatoms. The lowest BCUT2D eigenvalue weighted by atomic mass is 9.94. The van der Waals surface area contributed by atoms with Crippen LogP contribution in [-0.4, -0.2) is 43.6 Å². The molecule has 0 saturated carbocycles. The molecule has 3 aromatic rings. The summed E-state index contributed by atoms with van der Waals surface area (Å²) in [5.74, 6) is -0.155. The summed E-state index contributed by atoms with van der Waals surface area (Å²) in [6.07, 6.45) is 5.42. The first-order valence-corrected chi connectivity index (χ1v) is 8.77. The fourth-order valence-electron chi connectivity index (χ4n) is 3.64. The fraction of sp³-hybridized carbons (Fsp3) is 0.368. The minimum atomic E-state index is -0.314. The SMILES string of the molecule is Cn1nc([C@@H]2CCCN(C(=O)Cc3cccc(F)c3)C2)c2nccnc21. The van der Waals surface area contributed by atoms with Gasteiger partial charge in [0.05, 0.1) is 12.1 Å². The Morgan fingerprint density at radius 3 is 3.00 bits per heavy atom. The van der Waals surface area contributed by atoms with Gasteiger partial charge in [0.1, 0.15) is 11.3 Å². The number of aryl methyl sites for hydroxylation is 1. The maximum absolute atomic E-state index is 13.3. The van der Waals surface area contributed by atoms with Crippen molar-refractivity contribution in [3.05, 3.63) is 53.7 Å². The van der Waals surface area contributed by atoms with Crippen LogP contribution < -0.4 is 0 Å². The molecule has 1 saturated heterocycles. The summed E-state index contributed by atoms with van der Waals surface area (Å²) in [5.41, 5.74) is 3.16. The Bertz CT molecular complexity index is 954. The standard InChI is InChI=1S/C19H20FN5O/c1-24-19-18(21-7-8-22-19)17(23-24)14-5-3-9-25(12-14)16(26)11-13-4-2-6-15(20)10-13/h2,4,6-8,10,14H,3,5,9,11-12H2,1H3/t14-/m1/s1. The summed E-state index contributed by atoms with van der Waals surface area (Å²) in [5, 5.41) is 4.61. The number of hydrogen-bond donors (Lipinski definition) is 0. The zero-order valence-corrected chi connectivity index (χ0v) is 14.6. The molecule has 1 fully saturated rings. The van der Waals surface area contributed by atoms with E-state index in [2.05, 4.69) is 15.1 Å². The van der Waals surface area contributed by atoms with Crippen LogP contribution in [0.5, 0.6) is 0 Å². The lowest BCUT2D eigenvalue weighted by Crippen LogP contribution is -2.40. The number of likely N-dealkylation sites (tertiary alicyclic amines) is 1. The summed E-state index contributed by atoms with van der Waals surface area (Å²) < 4.78 is 15.1. The Balaban J connectivity index is 1.53. The number of amides is 1. The molecule has 134 valence electrons. The molecule has 1 aromatic carbocycles. The average molecular weight is 353 g/mol. The predicted molar refractivity (Wildman–Crippen MR) is 95.0 cm³/mol. The number of rotatable bonds is 3.